The molecule has 0 saturated carbocycles. The summed E-state index contributed by atoms with van der Waals surface area (Å²) in [7, 11) is 3.28. The van der Waals surface area contributed by atoms with E-state index in [0.29, 0.717) is 24.6 Å². The lowest BCUT2D eigenvalue weighted by atomic mass is 10.1. The third-order valence-electron chi connectivity index (χ3n) is 4.98. The predicted molar refractivity (Wildman–Crippen MR) is 120 cm³/mol. The van der Waals surface area contributed by atoms with Crippen LogP contribution in [0.1, 0.15) is 19.4 Å². The summed E-state index contributed by atoms with van der Waals surface area (Å²) in [5, 5.41) is 0. The molecule has 0 radical (unpaired) electrons. The van der Waals surface area contributed by atoms with Gasteiger partial charge < -0.3 is 24.0 Å². The van der Waals surface area contributed by atoms with E-state index in [0.717, 1.165) is 30.1 Å². The first-order chi connectivity index (χ1) is 14.5. The largest absolute Gasteiger partial charge is 0.497 e. The lowest BCUT2D eigenvalue weighted by molar-refractivity contribution is -0.126. The quantitative estimate of drug-likeness (QED) is 0.649. The van der Waals surface area contributed by atoms with Crippen LogP contribution in [0, 0.1) is 0 Å². The van der Waals surface area contributed by atoms with Crippen molar-refractivity contribution in [2.75, 3.05) is 45.3 Å². The number of amides is 1. The predicted octanol–water partition coefficient (Wildman–Crippen LogP) is 3.85. The molecule has 3 rings (SSSR count). The third kappa shape index (κ3) is 5.47. The molecule has 2 aromatic rings. The van der Waals surface area contributed by atoms with Gasteiger partial charge in [0, 0.05) is 44.0 Å². The monoisotopic (exact) mass is 410 g/mol. The van der Waals surface area contributed by atoms with Crippen LogP contribution in [0.25, 0.3) is 6.08 Å². The molecule has 1 aliphatic rings. The summed E-state index contributed by atoms with van der Waals surface area (Å²) >= 11 is 0. The summed E-state index contributed by atoms with van der Waals surface area (Å²) in [5.41, 5.74) is 2.01. The molecule has 2 aromatic carbocycles. The Kier molecular flexibility index (Phi) is 7.22. The highest BCUT2D eigenvalue weighted by Gasteiger charge is 2.20. The minimum Gasteiger partial charge on any atom is -0.497 e. The molecule has 160 valence electrons. The maximum Gasteiger partial charge on any atom is 0.246 e. The minimum absolute atomic E-state index is 0.0155. The number of hydrogen-bond acceptors (Lipinski definition) is 5. The Morgan fingerprint density at radius 3 is 2.40 bits per heavy atom. The van der Waals surface area contributed by atoms with Crippen molar-refractivity contribution in [3.8, 4) is 17.2 Å². The van der Waals surface area contributed by atoms with E-state index in [4.69, 9.17) is 14.2 Å². The molecule has 0 unspecified atom stereocenters. The molecule has 1 amide bonds. The normalized spacial score (nSPS) is 14.3. The van der Waals surface area contributed by atoms with Crippen LogP contribution in [-0.4, -0.2) is 57.3 Å². The fourth-order valence-electron chi connectivity index (χ4n) is 3.40. The zero-order chi connectivity index (χ0) is 21.5. The maximum absolute atomic E-state index is 12.6. The molecule has 0 aromatic heterocycles. The highest BCUT2D eigenvalue weighted by Crippen LogP contribution is 2.29. The first kappa shape index (κ1) is 21.6. The van der Waals surface area contributed by atoms with Gasteiger partial charge in [-0.15, -0.1) is 0 Å². The molecule has 0 bridgehead atoms. The number of nitrogens with zero attached hydrogens (tertiary/aromatic N) is 2. The molecular formula is C24H30N2O4. The average Bonchev–Trinajstić information content (AvgIpc) is 2.78. The SMILES string of the molecule is COc1cccc(N2CCN(C(=O)/C=C/c3ccc(OC(C)C)c(OC)c3)CC2)c1. The minimum atomic E-state index is 0.0155. The third-order valence-corrected chi connectivity index (χ3v) is 4.98. The van der Waals surface area contributed by atoms with Gasteiger partial charge in [0.2, 0.25) is 5.91 Å². The van der Waals surface area contributed by atoms with E-state index in [1.165, 1.54) is 0 Å². The van der Waals surface area contributed by atoms with Crippen LogP contribution in [0.2, 0.25) is 0 Å². The Bertz CT molecular complexity index is 887. The van der Waals surface area contributed by atoms with E-state index in [1.54, 1.807) is 20.3 Å². The Balaban J connectivity index is 1.58. The fourth-order valence-corrected chi connectivity index (χ4v) is 3.40. The van der Waals surface area contributed by atoms with Crippen molar-refractivity contribution in [1.29, 1.82) is 0 Å². The number of carbonyl (C=O) groups is 1. The van der Waals surface area contributed by atoms with E-state index >= 15 is 0 Å². The molecule has 0 N–H and O–H groups in total. The molecule has 0 aliphatic carbocycles. The molecule has 0 spiro atoms. The van der Waals surface area contributed by atoms with Crippen molar-refractivity contribution < 1.29 is 19.0 Å². The van der Waals surface area contributed by atoms with Gasteiger partial charge in [-0.2, -0.15) is 0 Å². The van der Waals surface area contributed by atoms with Gasteiger partial charge in [-0.3, -0.25) is 4.79 Å². The second-order valence-electron chi connectivity index (χ2n) is 7.42. The van der Waals surface area contributed by atoms with Crippen molar-refractivity contribution in [2.45, 2.75) is 20.0 Å². The van der Waals surface area contributed by atoms with Crippen LogP contribution in [0.4, 0.5) is 5.69 Å². The van der Waals surface area contributed by atoms with Crippen LogP contribution < -0.4 is 19.1 Å². The Labute approximate surface area is 178 Å². The van der Waals surface area contributed by atoms with Crippen LogP contribution in [0.3, 0.4) is 0 Å². The standard InChI is InChI=1S/C24H30N2O4/c1-18(2)30-22-10-8-19(16-23(22)29-4)9-11-24(27)26-14-12-25(13-15-26)20-6-5-7-21(17-20)28-3/h5-11,16-18H,12-15H2,1-4H3/b11-9+. The highest BCUT2D eigenvalue weighted by atomic mass is 16.5. The summed E-state index contributed by atoms with van der Waals surface area (Å²) in [4.78, 5) is 16.8. The number of benzene rings is 2. The van der Waals surface area contributed by atoms with E-state index in [9.17, 15) is 4.79 Å². The summed E-state index contributed by atoms with van der Waals surface area (Å²) in [6.45, 7) is 6.90. The topological polar surface area (TPSA) is 51.2 Å². The van der Waals surface area contributed by atoms with Crippen LogP contribution in [-0.2, 0) is 4.79 Å². The van der Waals surface area contributed by atoms with Crippen LogP contribution in [0.15, 0.2) is 48.5 Å². The van der Waals surface area contributed by atoms with Gasteiger partial charge in [0.1, 0.15) is 5.75 Å². The Morgan fingerprint density at radius 2 is 1.73 bits per heavy atom. The van der Waals surface area contributed by atoms with Crippen molar-refractivity contribution in [2.24, 2.45) is 0 Å². The van der Waals surface area contributed by atoms with Crippen LogP contribution >= 0.6 is 0 Å². The van der Waals surface area contributed by atoms with E-state index < -0.39 is 0 Å². The van der Waals surface area contributed by atoms with Gasteiger partial charge in [-0.1, -0.05) is 12.1 Å². The first-order valence-electron chi connectivity index (χ1n) is 10.2. The number of carbonyl (C=O) groups excluding carboxylic acids is 1. The number of anilines is 1. The zero-order valence-electron chi connectivity index (χ0n) is 18.1. The molecule has 6 nitrogen and oxygen atoms in total. The van der Waals surface area contributed by atoms with Gasteiger partial charge in [-0.25, -0.2) is 0 Å². The van der Waals surface area contributed by atoms with E-state index in [-0.39, 0.29) is 12.0 Å². The molecule has 0 atom stereocenters. The molecule has 1 aliphatic heterocycles. The van der Waals surface area contributed by atoms with Crippen molar-refractivity contribution >= 4 is 17.7 Å². The summed E-state index contributed by atoms with van der Waals surface area (Å²) in [6, 6.07) is 13.7. The lowest BCUT2D eigenvalue weighted by Crippen LogP contribution is -2.48. The maximum atomic E-state index is 12.6. The number of hydrogen-bond donors (Lipinski definition) is 0. The van der Waals surface area contributed by atoms with E-state index in [2.05, 4.69) is 11.0 Å². The van der Waals surface area contributed by atoms with Gasteiger partial charge >= 0.3 is 0 Å². The summed E-state index contributed by atoms with van der Waals surface area (Å²) in [6.07, 6.45) is 3.51. The first-order valence-corrected chi connectivity index (χ1v) is 10.2. The fraction of sp³-hybridized carbons (Fsp3) is 0.375. The van der Waals surface area contributed by atoms with Crippen molar-refractivity contribution in [1.82, 2.24) is 4.90 Å². The molecule has 1 saturated heterocycles. The van der Waals surface area contributed by atoms with Crippen LogP contribution in [0.5, 0.6) is 17.2 Å². The second kappa shape index (κ2) is 10.1. The lowest BCUT2D eigenvalue weighted by Gasteiger charge is -2.35. The van der Waals surface area contributed by atoms with Gasteiger partial charge in [0.25, 0.3) is 0 Å². The number of ether oxygens (including phenoxy) is 3. The second-order valence-corrected chi connectivity index (χ2v) is 7.42. The van der Waals surface area contributed by atoms with E-state index in [1.807, 2.05) is 61.2 Å². The molecule has 30 heavy (non-hydrogen) atoms. The van der Waals surface area contributed by atoms with Gasteiger partial charge in [0.05, 0.1) is 20.3 Å². The summed E-state index contributed by atoms with van der Waals surface area (Å²) in [5.74, 6) is 2.21. The highest BCUT2D eigenvalue weighted by molar-refractivity contribution is 5.92. The van der Waals surface area contributed by atoms with Gasteiger partial charge in [0.15, 0.2) is 11.5 Å². The summed E-state index contributed by atoms with van der Waals surface area (Å²) < 4.78 is 16.5. The smallest absolute Gasteiger partial charge is 0.246 e. The molecule has 6 heteroatoms. The van der Waals surface area contributed by atoms with Gasteiger partial charge in [-0.05, 0) is 49.8 Å². The zero-order valence-corrected chi connectivity index (χ0v) is 18.1. The molecular weight excluding hydrogens is 380 g/mol. The average molecular weight is 411 g/mol. The molecule has 1 heterocycles. The van der Waals surface area contributed by atoms with Crippen molar-refractivity contribution in [3.05, 3.63) is 54.1 Å². The number of piperazine rings is 1. The Hall–Kier alpha value is -3.15. The number of methoxy groups -OCH3 is 2. The van der Waals surface area contributed by atoms with Crippen molar-refractivity contribution in [3.63, 3.8) is 0 Å². The number of rotatable bonds is 7. The Morgan fingerprint density at radius 1 is 0.967 bits per heavy atom. The molecule has 1 fully saturated rings.